The van der Waals surface area contributed by atoms with Crippen LogP contribution in [0.3, 0.4) is 0 Å². The van der Waals surface area contributed by atoms with E-state index in [1.165, 1.54) is 50.2 Å². The van der Waals surface area contributed by atoms with Crippen molar-refractivity contribution in [2.75, 3.05) is 0 Å². The van der Waals surface area contributed by atoms with Crippen LogP contribution < -0.4 is 18.9 Å². The first-order valence-electron chi connectivity index (χ1n) is 11.8. The van der Waals surface area contributed by atoms with E-state index in [0.717, 1.165) is 12.1 Å². The van der Waals surface area contributed by atoms with Gasteiger partial charge in [0.05, 0.1) is 19.7 Å². The average molecular weight is 576 g/mol. The molecule has 4 aromatic rings. The maximum Gasteiger partial charge on any atom is 0.318 e. The fraction of sp³-hybridized carbons (Fsp3) is 0.0769. The van der Waals surface area contributed by atoms with Crippen LogP contribution in [0, 0.1) is 54.3 Å². The topological polar surface area (TPSA) is 209 Å². The molecule has 1 heterocycles. The zero-order valence-electron chi connectivity index (χ0n) is 21.5. The number of nitrogens with zero attached hydrogens (tertiary/aromatic N) is 4. The monoisotopic (exact) mass is 576 g/mol. The Hall–Kier alpha value is -6.32. The number of benzene rings is 4. The molecule has 0 N–H and O–H groups in total. The minimum atomic E-state index is -0.860. The Labute approximate surface area is 233 Å². The first-order chi connectivity index (χ1) is 19.9. The van der Waals surface area contributed by atoms with E-state index in [-0.39, 0.29) is 34.1 Å². The van der Waals surface area contributed by atoms with Gasteiger partial charge in [0.15, 0.2) is 0 Å². The molecule has 0 aliphatic carbocycles. The number of hydrogen-bond donors (Lipinski definition) is 0. The van der Waals surface area contributed by atoms with Crippen molar-refractivity contribution in [3.63, 3.8) is 0 Å². The molecule has 0 saturated heterocycles. The van der Waals surface area contributed by atoms with E-state index in [0.29, 0.717) is 12.1 Å². The third-order valence-corrected chi connectivity index (χ3v) is 6.22. The second kappa shape index (κ2) is 10.3. The predicted molar refractivity (Wildman–Crippen MR) is 142 cm³/mol. The third-order valence-electron chi connectivity index (χ3n) is 6.22. The molecule has 8 bridgehead atoms. The molecule has 0 radical (unpaired) electrons. The standard InChI is InChI=1S/C26H16N4O12/c1-13-19-5-3-6-20(13)40-24-12-26(18(30(37)38)10-16(24)28(33)34)42-22-8-4-7-21(14(22)2)41-25-11-23(39-19)15(27(31)32)9-17(25)29(35)36/h3-12H,1-2H3. The van der Waals surface area contributed by atoms with Crippen molar-refractivity contribution in [2.45, 2.75) is 13.8 Å². The molecule has 212 valence electrons. The molecule has 0 fully saturated rings. The molecule has 0 atom stereocenters. The van der Waals surface area contributed by atoms with Crippen molar-refractivity contribution in [2.24, 2.45) is 0 Å². The van der Waals surface area contributed by atoms with Gasteiger partial charge in [0.1, 0.15) is 35.1 Å². The molecule has 0 amide bonds. The summed E-state index contributed by atoms with van der Waals surface area (Å²) in [6, 6.07) is 11.9. The van der Waals surface area contributed by atoms with Gasteiger partial charge in [-0.3, -0.25) is 40.5 Å². The van der Waals surface area contributed by atoms with Gasteiger partial charge in [0.25, 0.3) is 0 Å². The van der Waals surface area contributed by atoms with Crippen molar-refractivity contribution in [3.8, 4) is 46.0 Å². The molecule has 0 aromatic heterocycles. The zero-order chi connectivity index (χ0) is 30.3. The Bertz CT molecular complexity index is 1590. The Morgan fingerprint density at radius 2 is 0.667 bits per heavy atom. The average Bonchev–Trinajstić information content (AvgIpc) is 2.92. The van der Waals surface area contributed by atoms with Gasteiger partial charge < -0.3 is 18.9 Å². The maximum absolute atomic E-state index is 11.8. The van der Waals surface area contributed by atoms with E-state index in [4.69, 9.17) is 18.9 Å². The smallest absolute Gasteiger partial charge is 0.318 e. The molecule has 0 unspecified atom stereocenters. The van der Waals surface area contributed by atoms with Crippen LogP contribution in [0.15, 0.2) is 60.7 Å². The summed E-state index contributed by atoms with van der Waals surface area (Å²) in [7, 11) is 0. The van der Waals surface area contributed by atoms with Gasteiger partial charge in [-0.25, -0.2) is 0 Å². The van der Waals surface area contributed by atoms with Crippen LogP contribution >= 0.6 is 0 Å². The van der Waals surface area contributed by atoms with E-state index in [2.05, 4.69) is 0 Å². The van der Waals surface area contributed by atoms with Gasteiger partial charge in [0, 0.05) is 23.3 Å². The summed E-state index contributed by atoms with van der Waals surface area (Å²) in [5.74, 6) is -1.60. The van der Waals surface area contributed by atoms with Crippen LogP contribution in [0.4, 0.5) is 22.7 Å². The number of ether oxygens (including phenoxy) is 4. The quantitative estimate of drug-likeness (QED) is 0.151. The molecule has 5 rings (SSSR count). The minimum Gasteiger partial charge on any atom is -0.450 e. The van der Waals surface area contributed by atoms with Gasteiger partial charge in [-0.05, 0) is 38.1 Å². The summed E-state index contributed by atoms with van der Waals surface area (Å²) in [5.41, 5.74) is -2.49. The van der Waals surface area contributed by atoms with Crippen LogP contribution in [0.2, 0.25) is 0 Å². The molecule has 4 aromatic carbocycles. The summed E-state index contributed by atoms with van der Waals surface area (Å²) in [4.78, 5) is 43.9. The van der Waals surface area contributed by atoms with Gasteiger partial charge >= 0.3 is 22.7 Å². The van der Waals surface area contributed by atoms with Gasteiger partial charge in [-0.2, -0.15) is 0 Å². The Kier molecular flexibility index (Phi) is 6.71. The summed E-state index contributed by atoms with van der Waals surface area (Å²) in [6.07, 6.45) is 0. The second-order valence-corrected chi connectivity index (χ2v) is 8.77. The molecule has 16 heteroatoms. The Balaban J connectivity index is 1.82. The highest BCUT2D eigenvalue weighted by Gasteiger charge is 2.31. The SMILES string of the molecule is Cc1c2cccc1Oc1cc(c([N+](=O)[O-])cc1[N+](=O)[O-])Oc1cccc(c1C)Oc1cc(c([N+](=O)[O-])cc1[N+](=O)[O-])O2. The van der Waals surface area contributed by atoms with E-state index in [1.807, 2.05) is 0 Å². The first-order valence-corrected chi connectivity index (χ1v) is 11.8. The summed E-state index contributed by atoms with van der Waals surface area (Å²) >= 11 is 0. The van der Waals surface area contributed by atoms with E-state index >= 15 is 0 Å². The lowest BCUT2D eigenvalue weighted by Gasteiger charge is -2.17. The number of rotatable bonds is 4. The highest BCUT2D eigenvalue weighted by atomic mass is 16.6. The summed E-state index contributed by atoms with van der Waals surface area (Å²) in [5, 5.41) is 47.4. The van der Waals surface area contributed by atoms with Crippen molar-refractivity contribution in [1.29, 1.82) is 0 Å². The fourth-order valence-corrected chi connectivity index (χ4v) is 4.08. The van der Waals surface area contributed by atoms with Crippen LogP contribution in [-0.4, -0.2) is 19.7 Å². The molecule has 16 nitrogen and oxygen atoms in total. The molecule has 42 heavy (non-hydrogen) atoms. The minimum absolute atomic E-state index is 0.00159. The largest absolute Gasteiger partial charge is 0.450 e. The molecule has 0 saturated carbocycles. The third kappa shape index (κ3) is 4.90. The van der Waals surface area contributed by atoms with Gasteiger partial charge in [0.2, 0.25) is 23.0 Å². The normalized spacial score (nSPS) is 11.7. The molecule has 0 spiro atoms. The Morgan fingerprint density at radius 1 is 0.429 bits per heavy atom. The van der Waals surface area contributed by atoms with Crippen molar-refractivity contribution < 1.29 is 38.6 Å². The first kappa shape index (κ1) is 27.3. The lowest BCUT2D eigenvalue weighted by atomic mass is 10.1. The van der Waals surface area contributed by atoms with E-state index in [9.17, 15) is 40.5 Å². The zero-order valence-corrected chi connectivity index (χ0v) is 21.5. The fourth-order valence-electron chi connectivity index (χ4n) is 4.08. The van der Waals surface area contributed by atoms with Crippen molar-refractivity contribution >= 4 is 22.7 Å². The second-order valence-electron chi connectivity index (χ2n) is 8.77. The summed E-state index contributed by atoms with van der Waals surface area (Å²) in [6.45, 7) is 2.98. The van der Waals surface area contributed by atoms with Crippen LogP contribution in [0.5, 0.6) is 46.0 Å². The van der Waals surface area contributed by atoms with Crippen LogP contribution in [0.1, 0.15) is 11.1 Å². The molecular formula is C26H16N4O12. The predicted octanol–water partition coefficient (Wildman–Crippen LogP) is 7.42. The number of nitro benzene ring substituents is 4. The number of nitro groups is 4. The number of fused-ring (bicyclic) bond motifs is 8. The van der Waals surface area contributed by atoms with Crippen molar-refractivity contribution in [1.82, 2.24) is 0 Å². The lowest BCUT2D eigenvalue weighted by Crippen LogP contribution is -2.02. The highest BCUT2D eigenvalue weighted by molar-refractivity contribution is 5.66. The number of hydrogen-bond acceptors (Lipinski definition) is 12. The van der Waals surface area contributed by atoms with Gasteiger partial charge in [-0.15, -0.1) is 0 Å². The van der Waals surface area contributed by atoms with Crippen molar-refractivity contribution in [3.05, 3.63) is 112 Å². The lowest BCUT2D eigenvalue weighted by molar-refractivity contribution is -0.395. The Morgan fingerprint density at radius 3 is 0.881 bits per heavy atom. The summed E-state index contributed by atoms with van der Waals surface area (Å²) < 4.78 is 23.3. The van der Waals surface area contributed by atoms with Gasteiger partial charge in [-0.1, -0.05) is 12.1 Å². The van der Waals surface area contributed by atoms with Crippen LogP contribution in [-0.2, 0) is 0 Å². The van der Waals surface area contributed by atoms with Crippen LogP contribution in [0.25, 0.3) is 0 Å². The highest BCUT2D eigenvalue weighted by Crippen LogP contribution is 2.48. The maximum atomic E-state index is 11.8. The van der Waals surface area contributed by atoms with E-state index < -0.39 is 65.4 Å². The molecule has 1 aliphatic rings. The molecule has 1 aliphatic heterocycles. The van der Waals surface area contributed by atoms with E-state index in [1.54, 1.807) is 0 Å². The molecular weight excluding hydrogens is 560 g/mol.